The number of benzene rings is 1. The molecule has 0 aromatic heterocycles. The van der Waals surface area contributed by atoms with Crippen LogP contribution in [0.2, 0.25) is 0 Å². The molecule has 1 aromatic carbocycles. The highest BCUT2D eigenvalue weighted by Gasteiger charge is 2.32. The van der Waals surface area contributed by atoms with Gasteiger partial charge in [0.1, 0.15) is 6.61 Å². The molecule has 0 heterocycles. The van der Waals surface area contributed by atoms with Crippen molar-refractivity contribution in [2.45, 2.75) is 360 Å². The fourth-order valence-corrected chi connectivity index (χ4v) is 11.6. The summed E-state index contributed by atoms with van der Waals surface area (Å²) in [6, 6.07) is 9.26. The monoisotopic (exact) mass is 1230 g/mol. The number of hydrogen-bond acceptors (Lipinski definition) is 14. The van der Waals surface area contributed by atoms with Gasteiger partial charge in [-0.05, 0) is 102 Å². The first-order valence-corrected chi connectivity index (χ1v) is 36.4. The topological polar surface area (TPSA) is 165 Å². The largest absolute Gasteiger partial charge is 0.509 e. The zero-order valence-electron chi connectivity index (χ0n) is 56.1. The molecule has 0 radical (unpaired) electrons. The van der Waals surface area contributed by atoms with Crippen LogP contribution in [0.4, 0.5) is 4.79 Å². The SMILES string of the molecule is CCCCCCCCCCC(O)CN(CCCCC(OC(=O)C(CCCCN(CC(O)CCCCCCCCCC)CC(CCCCCCCCCC)OS)OC(=O)OCc1ccccc1)C(=O)OCCCC)CC(O)CCCCCCCCCC. The summed E-state index contributed by atoms with van der Waals surface area (Å²) in [5.41, 5.74) is 0.767. The highest BCUT2D eigenvalue weighted by molar-refractivity contribution is 7.75. The van der Waals surface area contributed by atoms with Crippen LogP contribution in [0.15, 0.2) is 30.3 Å². The Kier molecular flexibility index (Phi) is 57.0. The maximum Gasteiger partial charge on any atom is 0.509 e. The third-order valence-corrected chi connectivity index (χ3v) is 17.2. The van der Waals surface area contributed by atoms with Gasteiger partial charge in [0, 0.05) is 26.2 Å². The minimum absolute atomic E-state index is 0.0408. The Bertz CT molecular complexity index is 1620. The number of esters is 2. The van der Waals surface area contributed by atoms with Crippen LogP contribution in [0, 0.1) is 0 Å². The predicted molar refractivity (Wildman–Crippen MR) is 359 cm³/mol. The summed E-state index contributed by atoms with van der Waals surface area (Å²) in [7, 11) is 0. The van der Waals surface area contributed by atoms with Gasteiger partial charge in [0.25, 0.3) is 0 Å². The molecule has 0 bridgehead atoms. The number of hydrogen-bond donors (Lipinski definition) is 4. The van der Waals surface area contributed by atoms with Gasteiger partial charge in [-0.3, -0.25) is 9.80 Å². The van der Waals surface area contributed by atoms with Gasteiger partial charge in [-0.25, -0.2) is 14.4 Å². The van der Waals surface area contributed by atoms with Crippen molar-refractivity contribution in [3.8, 4) is 0 Å². The van der Waals surface area contributed by atoms with E-state index in [1.165, 1.54) is 154 Å². The lowest BCUT2D eigenvalue weighted by Gasteiger charge is -2.29. The standard InChI is InChI=1S/C72H134N2O11S/c1-6-11-16-20-24-28-32-39-49-64(75)58-73(59-65(76)50-40-33-29-25-21-17-12-7-2)55-45-43-53-68(70(78)81-57-15-10-5)83-71(79)69(84-72(80)82-62-63-47-37-36-38-48-63)54-44-46-56-74(60-66(77)51-41-34-30-26-22-18-13-8-3)61-67(85-86)52-42-35-31-27-23-19-14-9-4/h36-38,47-48,64-69,75-77,86H,6-35,39-46,49-62H2,1-5H3. The highest BCUT2D eigenvalue weighted by atomic mass is 32.1. The fourth-order valence-electron chi connectivity index (χ4n) is 11.5. The van der Waals surface area contributed by atoms with Crippen molar-refractivity contribution in [1.29, 1.82) is 0 Å². The van der Waals surface area contributed by atoms with Crippen molar-refractivity contribution in [1.82, 2.24) is 9.80 Å². The lowest BCUT2D eigenvalue weighted by atomic mass is 10.0. The van der Waals surface area contributed by atoms with Crippen molar-refractivity contribution in [2.75, 3.05) is 45.9 Å². The van der Waals surface area contributed by atoms with Crippen LogP contribution in [0.1, 0.15) is 323 Å². The van der Waals surface area contributed by atoms with Crippen LogP contribution in [0.3, 0.4) is 0 Å². The van der Waals surface area contributed by atoms with Crippen molar-refractivity contribution in [3.63, 3.8) is 0 Å². The summed E-state index contributed by atoms with van der Waals surface area (Å²) in [5.74, 6) is -1.47. The Morgan fingerprint density at radius 1 is 0.395 bits per heavy atom. The van der Waals surface area contributed by atoms with Gasteiger partial charge in [-0.15, -0.1) is 0 Å². The van der Waals surface area contributed by atoms with E-state index in [1.54, 1.807) is 0 Å². The molecule has 1 rings (SSSR count). The normalized spacial score (nSPS) is 13.8. The molecular formula is C72H134N2O11S. The molecular weight excluding hydrogens is 1100 g/mol. The smallest absolute Gasteiger partial charge is 0.463 e. The highest BCUT2D eigenvalue weighted by Crippen LogP contribution is 2.21. The van der Waals surface area contributed by atoms with Crippen molar-refractivity contribution < 1.29 is 52.8 Å². The molecule has 0 aliphatic carbocycles. The number of ether oxygens (including phenoxy) is 4. The Labute approximate surface area is 533 Å². The number of rotatable bonds is 64. The molecule has 3 N–H and O–H groups in total. The first-order valence-electron chi connectivity index (χ1n) is 36.0. The number of aliphatic hydroxyl groups excluding tert-OH is 3. The van der Waals surface area contributed by atoms with E-state index >= 15 is 0 Å². The van der Waals surface area contributed by atoms with E-state index < -0.39 is 48.6 Å². The zero-order valence-corrected chi connectivity index (χ0v) is 57.0. The molecule has 0 saturated carbocycles. The van der Waals surface area contributed by atoms with Crippen molar-refractivity contribution >= 4 is 31.0 Å². The molecule has 86 heavy (non-hydrogen) atoms. The van der Waals surface area contributed by atoms with Crippen LogP contribution >= 0.6 is 12.9 Å². The van der Waals surface area contributed by atoms with E-state index in [1.807, 2.05) is 37.3 Å². The summed E-state index contributed by atoms with van der Waals surface area (Å²) in [5, 5.41) is 33.9. The molecule has 0 saturated heterocycles. The molecule has 0 spiro atoms. The third-order valence-electron chi connectivity index (χ3n) is 16.9. The first kappa shape index (κ1) is 81.6. The second kappa shape index (κ2) is 60.1. The van der Waals surface area contributed by atoms with Gasteiger partial charge in [0.2, 0.25) is 6.10 Å². The van der Waals surface area contributed by atoms with Gasteiger partial charge in [-0.2, -0.15) is 0 Å². The minimum atomic E-state index is -1.35. The quantitative estimate of drug-likeness (QED) is 0.0160. The predicted octanol–water partition coefficient (Wildman–Crippen LogP) is 18.3. The Morgan fingerprint density at radius 2 is 0.744 bits per heavy atom. The summed E-state index contributed by atoms with van der Waals surface area (Å²) in [6.07, 6.45) is 40.6. The maximum absolute atomic E-state index is 14.3. The summed E-state index contributed by atoms with van der Waals surface area (Å²) in [4.78, 5) is 45.9. The van der Waals surface area contributed by atoms with Crippen LogP contribution < -0.4 is 0 Å². The van der Waals surface area contributed by atoms with E-state index in [-0.39, 0.29) is 32.2 Å². The first-order chi connectivity index (χ1) is 42.0. The van der Waals surface area contributed by atoms with Gasteiger partial charge in [0.15, 0.2) is 6.10 Å². The molecule has 0 aliphatic heterocycles. The van der Waals surface area contributed by atoms with Crippen LogP contribution in [0.25, 0.3) is 0 Å². The molecule has 13 nitrogen and oxygen atoms in total. The lowest BCUT2D eigenvalue weighted by molar-refractivity contribution is -0.175. The van der Waals surface area contributed by atoms with Crippen LogP contribution in [-0.4, -0.2) is 126 Å². The summed E-state index contributed by atoms with van der Waals surface area (Å²) in [6.45, 7) is 14.4. The van der Waals surface area contributed by atoms with Gasteiger partial charge >= 0.3 is 18.1 Å². The zero-order chi connectivity index (χ0) is 62.8. The second-order valence-electron chi connectivity index (χ2n) is 25.3. The molecule has 0 fully saturated rings. The van der Waals surface area contributed by atoms with E-state index in [9.17, 15) is 29.7 Å². The number of thiol groups is 1. The van der Waals surface area contributed by atoms with Gasteiger partial charge in [0.05, 0.1) is 31.0 Å². The maximum atomic E-state index is 14.3. The summed E-state index contributed by atoms with van der Waals surface area (Å²) < 4.78 is 28.7. The Morgan fingerprint density at radius 3 is 1.14 bits per heavy atom. The summed E-state index contributed by atoms with van der Waals surface area (Å²) >= 11 is 4.32. The number of nitrogens with zero attached hydrogens (tertiary/aromatic N) is 2. The molecule has 14 heteroatoms. The number of carbonyl (C=O) groups is 3. The average Bonchev–Trinajstić information content (AvgIpc) is 3.69. The molecule has 0 amide bonds. The van der Waals surface area contributed by atoms with Gasteiger partial charge in [-0.1, -0.05) is 277 Å². The van der Waals surface area contributed by atoms with E-state index in [0.29, 0.717) is 71.4 Å². The van der Waals surface area contributed by atoms with Crippen molar-refractivity contribution in [3.05, 3.63) is 35.9 Å². The van der Waals surface area contributed by atoms with Crippen LogP contribution in [0.5, 0.6) is 0 Å². The lowest BCUT2D eigenvalue weighted by Crippen LogP contribution is -2.39. The Balaban J connectivity index is 3.21. The van der Waals surface area contributed by atoms with E-state index in [4.69, 9.17) is 23.1 Å². The number of aliphatic hydroxyl groups is 3. The molecule has 504 valence electrons. The Hall–Kier alpha value is -2.46. The molecule has 1 aromatic rings. The minimum Gasteiger partial charge on any atom is -0.463 e. The van der Waals surface area contributed by atoms with E-state index in [0.717, 1.165) is 89.0 Å². The average molecular weight is 1240 g/mol. The number of carbonyl (C=O) groups excluding carboxylic acids is 3. The second-order valence-corrected chi connectivity index (χ2v) is 25.5. The van der Waals surface area contributed by atoms with Crippen LogP contribution in [-0.2, 0) is 39.3 Å². The third kappa shape index (κ3) is 49.3. The molecule has 6 unspecified atom stereocenters. The fraction of sp³-hybridized carbons (Fsp3) is 0.875. The number of unbranched alkanes of at least 4 members (excludes halogenated alkanes) is 31. The van der Waals surface area contributed by atoms with Crippen molar-refractivity contribution in [2.24, 2.45) is 0 Å². The molecule has 6 atom stereocenters. The molecule has 0 aliphatic rings. The van der Waals surface area contributed by atoms with Gasteiger partial charge < -0.3 is 38.5 Å². The van der Waals surface area contributed by atoms with E-state index in [2.05, 4.69) is 50.4 Å².